The number of esters is 1. The number of hydrogen-bond donors (Lipinski definition) is 1. The van der Waals surface area contributed by atoms with Crippen molar-refractivity contribution in [2.75, 3.05) is 37.5 Å². The van der Waals surface area contributed by atoms with Gasteiger partial charge in [0.2, 0.25) is 5.91 Å². The molecule has 1 atom stereocenters. The molecule has 1 aromatic carbocycles. The van der Waals surface area contributed by atoms with E-state index in [2.05, 4.69) is 5.32 Å². The Balaban J connectivity index is 1.98. The van der Waals surface area contributed by atoms with E-state index in [0.29, 0.717) is 17.7 Å². The van der Waals surface area contributed by atoms with Gasteiger partial charge in [-0.1, -0.05) is 12.1 Å². The summed E-state index contributed by atoms with van der Waals surface area (Å²) in [6.45, 7) is -0.0267. The highest BCUT2D eigenvalue weighted by molar-refractivity contribution is 7.91. The Morgan fingerprint density at radius 3 is 2.65 bits per heavy atom. The highest BCUT2D eigenvalue weighted by Gasteiger charge is 2.32. The number of anilines is 1. The van der Waals surface area contributed by atoms with Crippen LogP contribution in [0.1, 0.15) is 16.8 Å². The highest BCUT2D eigenvalue weighted by atomic mass is 32.2. The molecule has 23 heavy (non-hydrogen) atoms. The van der Waals surface area contributed by atoms with Gasteiger partial charge in [0.15, 0.2) is 9.84 Å². The number of methoxy groups -OCH3 is 1. The third-order valence-electron chi connectivity index (χ3n) is 3.91. The van der Waals surface area contributed by atoms with Crippen LogP contribution < -0.4 is 5.32 Å². The molecule has 0 spiro atoms. The van der Waals surface area contributed by atoms with Gasteiger partial charge in [-0.2, -0.15) is 0 Å². The zero-order chi connectivity index (χ0) is 17.0. The van der Waals surface area contributed by atoms with E-state index in [-0.39, 0.29) is 30.0 Å². The second kappa shape index (κ2) is 6.99. The summed E-state index contributed by atoms with van der Waals surface area (Å²) in [6.07, 6.45) is 0.462. The first-order valence-electron chi connectivity index (χ1n) is 7.21. The zero-order valence-corrected chi connectivity index (χ0v) is 13.9. The molecule has 1 saturated heterocycles. The maximum absolute atomic E-state index is 12.2. The van der Waals surface area contributed by atoms with Crippen molar-refractivity contribution < 1.29 is 22.7 Å². The van der Waals surface area contributed by atoms with Gasteiger partial charge in [0.25, 0.3) is 0 Å². The number of sulfone groups is 1. The maximum atomic E-state index is 12.2. The average molecular weight is 340 g/mol. The standard InChI is InChI=1S/C15H20N2O5S/c1-17(11-7-8-23(20,21)10-11)14(18)9-16-13-6-4-3-5-12(13)15(19)22-2/h3-6,11,16H,7-10H2,1-2H3. The fraction of sp³-hybridized carbons (Fsp3) is 0.467. The van der Waals surface area contributed by atoms with Gasteiger partial charge in [0.05, 0.1) is 30.7 Å². The zero-order valence-electron chi connectivity index (χ0n) is 13.1. The third kappa shape index (κ3) is 4.22. The number of hydrogen-bond acceptors (Lipinski definition) is 6. The van der Waals surface area contributed by atoms with Crippen molar-refractivity contribution >= 4 is 27.4 Å². The van der Waals surface area contributed by atoms with E-state index in [0.717, 1.165) is 0 Å². The minimum Gasteiger partial charge on any atom is -0.465 e. The maximum Gasteiger partial charge on any atom is 0.339 e. The molecule has 126 valence electrons. The van der Waals surface area contributed by atoms with Gasteiger partial charge < -0.3 is 15.0 Å². The van der Waals surface area contributed by atoms with Crippen molar-refractivity contribution in [1.29, 1.82) is 0 Å². The second-order valence-electron chi connectivity index (χ2n) is 5.45. The van der Waals surface area contributed by atoms with E-state index in [9.17, 15) is 18.0 Å². The summed E-state index contributed by atoms with van der Waals surface area (Å²) >= 11 is 0. The summed E-state index contributed by atoms with van der Waals surface area (Å²) in [6, 6.07) is 6.44. The lowest BCUT2D eigenvalue weighted by atomic mass is 10.1. The van der Waals surface area contributed by atoms with E-state index in [1.54, 1.807) is 31.3 Å². The summed E-state index contributed by atoms with van der Waals surface area (Å²) in [5, 5.41) is 2.91. The number of carbonyl (C=O) groups excluding carboxylic acids is 2. The van der Waals surface area contributed by atoms with Gasteiger partial charge in [-0.3, -0.25) is 4.79 Å². The average Bonchev–Trinajstić information content (AvgIpc) is 2.91. The topological polar surface area (TPSA) is 92.8 Å². The van der Waals surface area contributed by atoms with E-state index in [4.69, 9.17) is 4.74 Å². The molecule has 0 radical (unpaired) electrons. The van der Waals surface area contributed by atoms with Crippen LogP contribution in [0.15, 0.2) is 24.3 Å². The van der Waals surface area contributed by atoms with Gasteiger partial charge in [-0.05, 0) is 18.6 Å². The smallest absolute Gasteiger partial charge is 0.339 e. The van der Waals surface area contributed by atoms with Crippen LogP contribution in [0.5, 0.6) is 0 Å². The molecule has 0 aromatic heterocycles. The summed E-state index contributed by atoms with van der Waals surface area (Å²) in [5.74, 6) is -0.593. The lowest BCUT2D eigenvalue weighted by molar-refractivity contribution is -0.129. The second-order valence-corrected chi connectivity index (χ2v) is 7.68. The van der Waals surface area contributed by atoms with Gasteiger partial charge in [-0.15, -0.1) is 0 Å². The highest BCUT2D eigenvalue weighted by Crippen LogP contribution is 2.18. The van der Waals surface area contributed by atoms with Crippen LogP contribution in [0, 0.1) is 0 Å². The van der Waals surface area contributed by atoms with Crippen molar-refractivity contribution in [1.82, 2.24) is 4.90 Å². The molecule has 7 nitrogen and oxygen atoms in total. The normalized spacial score (nSPS) is 19.1. The predicted molar refractivity (Wildman–Crippen MR) is 86.1 cm³/mol. The van der Waals surface area contributed by atoms with Crippen LogP contribution in [-0.4, -0.2) is 63.4 Å². The van der Waals surface area contributed by atoms with Crippen molar-refractivity contribution in [3.8, 4) is 0 Å². The van der Waals surface area contributed by atoms with Crippen LogP contribution in [0.2, 0.25) is 0 Å². The fourth-order valence-electron chi connectivity index (χ4n) is 2.51. The van der Waals surface area contributed by atoms with Gasteiger partial charge in [-0.25, -0.2) is 13.2 Å². The van der Waals surface area contributed by atoms with Gasteiger partial charge >= 0.3 is 5.97 Å². The molecule has 0 aliphatic carbocycles. The number of nitrogens with one attached hydrogen (secondary N) is 1. The largest absolute Gasteiger partial charge is 0.465 e. The Hall–Kier alpha value is -2.09. The lowest BCUT2D eigenvalue weighted by Gasteiger charge is -2.24. The van der Waals surface area contributed by atoms with Crippen molar-refractivity contribution in [2.24, 2.45) is 0 Å². The van der Waals surface area contributed by atoms with Crippen molar-refractivity contribution in [3.63, 3.8) is 0 Å². The van der Waals surface area contributed by atoms with Crippen LogP contribution >= 0.6 is 0 Å². The molecule has 0 bridgehead atoms. The Labute approximate surface area is 135 Å². The minimum atomic E-state index is -3.04. The van der Waals surface area contributed by atoms with Gasteiger partial charge in [0, 0.05) is 18.8 Å². The molecule has 1 fully saturated rings. The summed E-state index contributed by atoms with van der Waals surface area (Å²) in [4.78, 5) is 25.3. The number of amides is 1. The molecule has 1 heterocycles. The fourth-order valence-corrected chi connectivity index (χ4v) is 4.28. The third-order valence-corrected chi connectivity index (χ3v) is 5.66. The quantitative estimate of drug-likeness (QED) is 0.786. The number of ether oxygens (including phenoxy) is 1. The molecule has 1 amide bonds. The Bertz CT molecular complexity index is 702. The van der Waals surface area contributed by atoms with E-state index in [1.165, 1.54) is 12.0 Å². The summed E-state index contributed by atoms with van der Waals surface area (Å²) in [5.41, 5.74) is 0.842. The van der Waals surface area contributed by atoms with Crippen LogP contribution in [-0.2, 0) is 19.4 Å². The van der Waals surface area contributed by atoms with Crippen LogP contribution in [0.4, 0.5) is 5.69 Å². The number of likely N-dealkylation sites (N-methyl/N-ethyl adjacent to an activating group) is 1. The van der Waals surface area contributed by atoms with Crippen LogP contribution in [0.3, 0.4) is 0 Å². The first-order valence-corrected chi connectivity index (χ1v) is 9.03. The van der Waals surface area contributed by atoms with Crippen LogP contribution in [0.25, 0.3) is 0 Å². The number of nitrogens with zero attached hydrogens (tertiary/aromatic N) is 1. The number of para-hydroxylation sites is 1. The van der Waals surface area contributed by atoms with Crippen molar-refractivity contribution in [3.05, 3.63) is 29.8 Å². The molecular formula is C15H20N2O5S. The van der Waals surface area contributed by atoms with Crippen molar-refractivity contribution in [2.45, 2.75) is 12.5 Å². The molecule has 8 heteroatoms. The SMILES string of the molecule is COC(=O)c1ccccc1NCC(=O)N(C)C1CCS(=O)(=O)C1. The van der Waals surface area contributed by atoms with E-state index < -0.39 is 15.8 Å². The van der Waals surface area contributed by atoms with E-state index in [1.807, 2.05) is 0 Å². The molecule has 1 unspecified atom stereocenters. The first kappa shape index (κ1) is 17.3. The minimum absolute atomic E-state index is 0.00792. The number of benzene rings is 1. The molecule has 1 aliphatic rings. The molecule has 0 saturated carbocycles. The Kier molecular flexibility index (Phi) is 5.25. The lowest BCUT2D eigenvalue weighted by Crippen LogP contribution is -2.41. The Morgan fingerprint density at radius 2 is 2.04 bits per heavy atom. The monoisotopic (exact) mass is 340 g/mol. The van der Waals surface area contributed by atoms with E-state index >= 15 is 0 Å². The summed E-state index contributed by atoms with van der Waals surface area (Å²) in [7, 11) is -0.149. The molecule has 1 aromatic rings. The molecular weight excluding hydrogens is 320 g/mol. The molecule has 1 N–H and O–H groups in total. The number of carbonyl (C=O) groups is 2. The first-order chi connectivity index (χ1) is 10.8. The number of rotatable bonds is 5. The molecule has 2 rings (SSSR count). The Morgan fingerprint density at radius 1 is 1.35 bits per heavy atom. The molecule has 1 aliphatic heterocycles. The summed E-state index contributed by atoms with van der Waals surface area (Å²) < 4.78 is 27.7. The van der Waals surface area contributed by atoms with Gasteiger partial charge in [0.1, 0.15) is 0 Å². The predicted octanol–water partition coefficient (Wildman–Crippen LogP) is 0.531.